The van der Waals surface area contributed by atoms with E-state index in [4.69, 9.17) is 5.11 Å². The van der Waals surface area contributed by atoms with Crippen LogP contribution < -0.4 is 0 Å². The van der Waals surface area contributed by atoms with Crippen LogP contribution in [0.15, 0.2) is 5.38 Å². The van der Waals surface area contributed by atoms with Gasteiger partial charge in [-0.1, -0.05) is 0 Å². The van der Waals surface area contributed by atoms with Crippen molar-refractivity contribution in [3.8, 4) is 0 Å². The van der Waals surface area contributed by atoms with Gasteiger partial charge in [-0.25, -0.2) is 13.4 Å². The zero-order valence-corrected chi connectivity index (χ0v) is 9.93. The largest absolute Gasteiger partial charge is 0.480 e. The Morgan fingerprint density at radius 3 is 2.67 bits per heavy atom. The maximum atomic E-state index is 11.5. The molecule has 0 saturated carbocycles. The van der Waals surface area contributed by atoms with Crippen molar-refractivity contribution in [2.75, 3.05) is 0 Å². The molecule has 15 heavy (non-hydrogen) atoms. The van der Waals surface area contributed by atoms with Crippen molar-refractivity contribution in [3.05, 3.63) is 16.1 Å². The summed E-state index contributed by atoms with van der Waals surface area (Å²) in [6, 6.07) is 0. The average Bonchev–Trinajstić information content (AvgIpc) is 2.48. The first-order valence-corrected chi connectivity index (χ1v) is 6.78. The predicted octanol–water partition coefficient (Wildman–Crippen LogP) is 0.839. The molecule has 0 aliphatic carbocycles. The molecule has 1 unspecified atom stereocenters. The molecule has 0 spiro atoms. The molecule has 1 rings (SSSR count). The number of hydrogen-bond acceptors (Lipinski definition) is 5. The van der Waals surface area contributed by atoms with Crippen LogP contribution in [0.4, 0.5) is 0 Å². The lowest BCUT2D eigenvalue weighted by Crippen LogP contribution is -2.28. The number of thiazole rings is 1. The van der Waals surface area contributed by atoms with Gasteiger partial charge in [-0.15, -0.1) is 11.3 Å². The van der Waals surface area contributed by atoms with E-state index < -0.39 is 21.1 Å². The third kappa shape index (κ3) is 3.00. The van der Waals surface area contributed by atoms with E-state index in [-0.39, 0.29) is 5.75 Å². The van der Waals surface area contributed by atoms with Crippen molar-refractivity contribution < 1.29 is 18.3 Å². The van der Waals surface area contributed by atoms with E-state index in [9.17, 15) is 13.2 Å². The molecule has 1 atom stereocenters. The fourth-order valence-corrected chi connectivity index (χ4v) is 2.79. The molecule has 0 radical (unpaired) electrons. The van der Waals surface area contributed by atoms with Gasteiger partial charge in [0.2, 0.25) is 0 Å². The van der Waals surface area contributed by atoms with Gasteiger partial charge in [-0.3, -0.25) is 4.79 Å². The lowest BCUT2D eigenvalue weighted by molar-refractivity contribution is -0.136. The van der Waals surface area contributed by atoms with Crippen molar-refractivity contribution in [1.29, 1.82) is 0 Å². The van der Waals surface area contributed by atoms with Crippen molar-refractivity contribution >= 4 is 27.1 Å². The summed E-state index contributed by atoms with van der Waals surface area (Å²) in [5, 5.41) is 9.61. The first-order valence-electron chi connectivity index (χ1n) is 4.18. The molecule has 0 aliphatic heterocycles. The number of rotatable bonds is 4. The molecule has 0 aromatic carbocycles. The first kappa shape index (κ1) is 12.1. The normalized spacial score (nSPS) is 13.7. The summed E-state index contributed by atoms with van der Waals surface area (Å²) in [6.45, 7) is 2.93. The molecule has 1 N–H and O–H groups in total. The summed E-state index contributed by atoms with van der Waals surface area (Å²) >= 11 is 1.34. The summed E-state index contributed by atoms with van der Waals surface area (Å²) < 4.78 is 23.1. The van der Waals surface area contributed by atoms with Crippen LogP contribution in [0.1, 0.15) is 17.6 Å². The molecule has 5 nitrogen and oxygen atoms in total. The van der Waals surface area contributed by atoms with Crippen molar-refractivity contribution in [3.63, 3.8) is 0 Å². The van der Waals surface area contributed by atoms with Crippen molar-refractivity contribution in [2.45, 2.75) is 24.9 Å². The van der Waals surface area contributed by atoms with E-state index >= 15 is 0 Å². The molecule has 1 aromatic rings. The van der Waals surface area contributed by atoms with Crippen LogP contribution in [0.3, 0.4) is 0 Å². The van der Waals surface area contributed by atoms with Crippen LogP contribution in [0.2, 0.25) is 0 Å². The Balaban J connectivity index is 2.86. The minimum Gasteiger partial charge on any atom is -0.480 e. The second kappa shape index (κ2) is 4.28. The van der Waals surface area contributed by atoms with Gasteiger partial charge in [-0.2, -0.15) is 0 Å². The summed E-state index contributed by atoms with van der Waals surface area (Å²) in [4.78, 5) is 14.5. The first-order chi connectivity index (χ1) is 6.83. The molecule has 0 saturated heterocycles. The zero-order valence-electron chi connectivity index (χ0n) is 8.30. The molecule has 7 heteroatoms. The summed E-state index contributed by atoms with van der Waals surface area (Å²) in [5.41, 5.74) is 0.408. The number of sulfone groups is 1. The van der Waals surface area contributed by atoms with E-state index in [0.717, 1.165) is 11.9 Å². The van der Waals surface area contributed by atoms with Crippen LogP contribution >= 0.6 is 11.3 Å². The Labute approximate surface area is 91.7 Å². The Morgan fingerprint density at radius 1 is 1.67 bits per heavy atom. The number of carbonyl (C=O) groups is 1. The third-order valence-corrected chi connectivity index (χ3v) is 4.70. The second-order valence-electron chi connectivity index (χ2n) is 3.15. The van der Waals surface area contributed by atoms with Gasteiger partial charge >= 0.3 is 5.97 Å². The highest BCUT2D eigenvalue weighted by molar-refractivity contribution is 7.91. The van der Waals surface area contributed by atoms with Crippen molar-refractivity contribution in [1.82, 2.24) is 4.98 Å². The van der Waals surface area contributed by atoms with Crippen LogP contribution in [-0.2, 0) is 20.4 Å². The second-order valence-corrected chi connectivity index (χ2v) is 6.53. The Bertz CT molecular complexity index is 463. The Morgan fingerprint density at radius 2 is 2.27 bits per heavy atom. The molecule has 1 heterocycles. The molecule has 0 bridgehead atoms. The zero-order chi connectivity index (χ0) is 11.6. The van der Waals surface area contributed by atoms with Crippen LogP contribution in [0.25, 0.3) is 0 Å². The highest BCUT2D eigenvalue weighted by Crippen LogP contribution is 2.14. The number of carboxylic acid groups (broad SMARTS) is 1. The van der Waals surface area contributed by atoms with Crippen LogP contribution in [0.5, 0.6) is 0 Å². The average molecular weight is 249 g/mol. The monoisotopic (exact) mass is 249 g/mol. The minimum atomic E-state index is -3.65. The number of nitrogens with zero attached hydrogens (tertiary/aromatic N) is 1. The van der Waals surface area contributed by atoms with E-state index in [1.807, 2.05) is 0 Å². The van der Waals surface area contributed by atoms with Crippen LogP contribution in [-0.4, -0.2) is 29.7 Å². The van der Waals surface area contributed by atoms with Gasteiger partial charge in [-0.05, 0) is 13.8 Å². The SMILES string of the molecule is Cc1nc(CS(=O)(=O)C(C)C(=O)O)cs1. The van der Waals surface area contributed by atoms with Gasteiger partial charge in [0.05, 0.1) is 16.5 Å². The fraction of sp³-hybridized carbons (Fsp3) is 0.500. The highest BCUT2D eigenvalue weighted by atomic mass is 32.2. The molecular weight excluding hydrogens is 238 g/mol. The van der Waals surface area contributed by atoms with Crippen molar-refractivity contribution in [2.24, 2.45) is 0 Å². The van der Waals surface area contributed by atoms with Gasteiger partial charge in [0.25, 0.3) is 0 Å². The fourth-order valence-electron chi connectivity index (χ4n) is 0.959. The minimum absolute atomic E-state index is 0.315. The maximum absolute atomic E-state index is 11.5. The maximum Gasteiger partial charge on any atom is 0.321 e. The number of aliphatic carboxylic acids is 1. The van der Waals surface area contributed by atoms with Gasteiger partial charge in [0, 0.05) is 5.38 Å². The molecule has 1 aromatic heterocycles. The van der Waals surface area contributed by atoms with Crippen LogP contribution in [0, 0.1) is 6.92 Å². The molecule has 0 fully saturated rings. The molecular formula is C8H11NO4S2. The molecule has 0 aliphatic rings. The lowest BCUT2D eigenvalue weighted by atomic mass is 10.5. The van der Waals surface area contributed by atoms with E-state index in [1.165, 1.54) is 11.3 Å². The summed E-state index contributed by atoms with van der Waals surface area (Å²) in [6.07, 6.45) is 0. The van der Waals surface area contributed by atoms with E-state index in [1.54, 1.807) is 12.3 Å². The number of aryl methyl sites for hydroxylation is 1. The van der Waals surface area contributed by atoms with E-state index in [2.05, 4.69) is 4.98 Å². The van der Waals surface area contributed by atoms with Gasteiger partial charge in [0.15, 0.2) is 15.1 Å². The Hall–Kier alpha value is -0.950. The van der Waals surface area contributed by atoms with E-state index in [0.29, 0.717) is 5.69 Å². The summed E-state index contributed by atoms with van der Waals surface area (Å²) in [5.74, 6) is -1.65. The van der Waals surface area contributed by atoms with Gasteiger partial charge in [0.1, 0.15) is 0 Å². The molecule has 0 amide bonds. The topological polar surface area (TPSA) is 84.3 Å². The smallest absolute Gasteiger partial charge is 0.321 e. The lowest BCUT2D eigenvalue weighted by Gasteiger charge is -2.06. The number of hydrogen-bond donors (Lipinski definition) is 1. The third-order valence-electron chi connectivity index (χ3n) is 1.90. The summed E-state index contributed by atoms with van der Waals surface area (Å²) in [7, 11) is -3.65. The molecule has 84 valence electrons. The standard InChI is InChI=1S/C8H11NO4S2/c1-5(8(10)11)15(12,13)4-7-3-14-6(2)9-7/h3,5H,4H2,1-2H3,(H,10,11). The van der Waals surface area contributed by atoms with Gasteiger partial charge < -0.3 is 5.11 Å². The predicted molar refractivity (Wildman–Crippen MR) is 56.6 cm³/mol. The highest BCUT2D eigenvalue weighted by Gasteiger charge is 2.28. The Kier molecular flexibility index (Phi) is 3.46. The quantitative estimate of drug-likeness (QED) is 0.854. The number of carboxylic acids is 1. The number of aromatic nitrogens is 1.